The molecule has 0 saturated carbocycles. The number of aromatic nitrogens is 3. The van der Waals surface area contributed by atoms with E-state index in [2.05, 4.69) is 25.2 Å². The third-order valence-electron chi connectivity index (χ3n) is 5.62. The van der Waals surface area contributed by atoms with Gasteiger partial charge in [-0.2, -0.15) is 0 Å². The van der Waals surface area contributed by atoms with E-state index < -0.39 is 5.82 Å². The Hall–Kier alpha value is -3.43. The van der Waals surface area contributed by atoms with Crippen LogP contribution in [-0.2, 0) is 17.6 Å². The number of pyridine rings is 1. The molecule has 8 nitrogen and oxygen atoms in total. The van der Waals surface area contributed by atoms with Gasteiger partial charge in [0.25, 0.3) is 0 Å². The number of nitrogen functional groups attached to an aromatic ring is 1. The first kappa shape index (κ1) is 22.8. The van der Waals surface area contributed by atoms with Crippen LogP contribution in [0.5, 0.6) is 0 Å². The zero-order valence-electron chi connectivity index (χ0n) is 18.6. The zero-order chi connectivity index (χ0) is 23.2. The maximum absolute atomic E-state index is 14.8. The molecular formula is C24H27FN6O2. The van der Waals surface area contributed by atoms with Crippen LogP contribution in [0.25, 0.3) is 11.3 Å². The van der Waals surface area contributed by atoms with Crippen molar-refractivity contribution in [2.24, 2.45) is 0 Å². The molecule has 0 amide bonds. The summed E-state index contributed by atoms with van der Waals surface area (Å²) in [6.07, 6.45) is 5.55. The van der Waals surface area contributed by atoms with Crippen LogP contribution in [0.2, 0.25) is 0 Å². The number of ketones is 1. The summed E-state index contributed by atoms with van der Waals surface area (Å²) in [5.41, 5.74) is 9.14. The highest BCUT2D eigenvalue weighted by Crippen LogP contribution is 2.25. The molecule has 1 aliphatic heterocycles. The highest BCUT2D eigenvalue weighted by atomic mass is 19.1. The Kier molecular flexibility index (Phi) is 7.21. The molecule has 3 aromatic rings. The molecule has 1 fully saturated rings. The molecule has 4 rings (SSSR count). The topological polar surface area (TPSA) is 106 Å². The SMILES string of the molecule is CNCCc1ccc(-c2cnc(N)c(C(=O)Cc3cnccc3N3CCOCC3)n2)c(F)c1. The molecule has 0 unspecified atom stereocenters. The van der Waals surface area contributed by atoms with Crippen LogP contribution in [0.3, 0.4) is 0 Å². The van der Waals surface area contributed by atoms with Gasteiger partial charge in [0.1, 0.15) is 11.5 Å². The highest BCUT2D eigenvalue weighted by Gasteiger charge is 2.21. The Bertz CT molecular complexity index is 1130. The van der Waals surface area contributed by atoms with Gasteiger partial charge in [0.15, 0.2) is 11.6 Å². The van der Waals surface area contributed by atoms with E-state index in [0.29, 0.717) is 19.6 Å². The molecule has 9 heteroatoms. The molecule has 3 N–H and O–H groups in total. The minimum absolute atomic E-state index is 0.0200. The second-order valence-electron chi connectivity index (χ2n) is 7.86. The van der Waals surface area contributed by atoms with Crippen LogP contribution in [0.1, 0.15) is 21.6 Å². The van der Waals surface area contributed by atoms with Gasteiger partial charge >= 0.3 is 0 Å². The molecule has 1 aliphatic rings. The van der Waals surface area contributed by atoms with Gasteiger partial charge in [0, 0.05) is 48.7 Å². The first-order valence-electron chi connectivity index (χ1n) is 10.9. The standard InChI is InChI=1S/C24H27FN6O2/c1-27-6-4-16-2-3-18(19(25)12-16)20-15-29-24(26)23(30-20)22(32)13-17-14-28-7-5-21(17)31-8-10-33-11-9-31/h2-3,5,7,12,14-15,27H,4,6,8-11,13H2,1H3,(H2,26,29). The number of hydrogen-bond donors (Lipinski definition) is 2. The molecule has 0 bridgehead atoms. The number of hydrogen-bond acceptors (Lipinski definition) is 8. The second kappa shape index (κ2) is 10.5. The first-order valence-corrected chi connectivity index (χ1v) is 10.9. The van der Waals surface area contributed by atoms with E-state index in [9.17, 15) is 9.18 Å². The molecule has 1 saturated heterocycles. The average molecular weight is 451 g/mol. The molecule has 33 heavy (non-hydrogen) atoms. The van der Waals surface area contributed by atoms with Crippen molar-refractivity contribution in [2.45, 2.75) is 12.8 Å². The summed E-state index contributed by atoms with van der Waals surface area (Å²) < 4.78 is 20.2. The van der Waals surface area contributed by atoms with Gasteiger partial charge in [-0.25, -0.2) is 14.4 Å². The Morgan fingerprint density at radius 2 is 2.06 bits per heavy atom. The highest BCUT2D eigenvalue weighted by molar-refractivity contribution is 6.00. The molecule has 2 aromatic heterocycles. The number of nitrogens with one attached hydrogen (secondary N) is 1. The van der Waals surface area contributed by atoms with Crippen LogP contribution in [0.15, 0.2) is 42.9 Å². The van der Waals surface area contributed by atoms with Crippen LogP contribution in [0.4, 0.5) is 15.9 Å². The molecule has 1 aromatic carbocycles. The fourth-order valence-electron chi connectivity index (χ4n) is 3.85. The number of nitrogens with two attached hydrogens (primary N) is 1. The van der Waals surface area contributed by atoms with Crippen molar-refractivity contribution in [1.82, 2.24) is 20.3 Å². The van der Waals surface area contributed by atoms with Gasteiger partial charge in [-0.1, -0.05) is 6.07 Å². The number of halogens is 1. The lowest BCUT2D eigenvalue weighted by molar-refractivity contribution is 0.0988. The third-order valence-corrected chi connectivity index (χ3v) is 5.62. The Morgan fingerprint density at radius 3 is 2.82 bits per heavy atom. The number of ether oxygens (including phenoxy) is 1. The summed E-state index contributed by atoms with van der Waals surface area (Å²) in [5.74, 6) is -0.690. The number of Topliss-reactive ketones (excluding diaryl/α,β-unsaturated/α-hetero) is 1. The predicted molar refractivity (Wildman–Crippen MR) is 125 cm³/mol. The van der Waals surface area contributed by atoms with Crippen molar-refractivity contribution in [3.05, 3.63) is 65.5 Å². The summed E-state index contributed by atoms with van der Waals surface area (Å²) in [7, 11) is 1.85. The largest absolute Gasteiger partial charge is 0.382 e. The van der Waals surface area contributed by atoms with Crippen molar-refractivity contribution >= 4 is 17.3 Å². The maximum Gasteiger partial charge on any atom is 0.189 e. The van der Waals surface area contributed by atoms with E-state index in [-0.39, 0.29) is 35.0 Å². The van der Waals surface area contributed by atoms with Gasteiger partial charge in [0.2, 0.25) is 0 Å². The van der Waals surface area contributed by atoms with Gasteiger partial charge in [-0.05, 0) is 43.8 Å². The minimum atomic E-state index is -0.414. The van der Waals surface area contributed by atoms with Crippen LogP contribution in [-0.4, -0.2) is 60.6 Å². The lowest BCUT2D eigenvalue weighted by Gasteiger charge is -2.30. The number of morpholine rings is 1. The number of carbonyl (C=O) groups is 1. The van der Waals surface area contributed by atoms with E-state index >= 15 is 0 Å². The van der Waals surface area contributed by atoms with Crippen molar-refractivity contribution in [3.8, 4) is 11.3 Å². The van der Waals surface area contributed by atoms with Crippen LogP contribution in [0, 0.1) is 5.82 Å². The lowest BCUT2D eigenvalue weighted by Crippen LogP contribution is -2.37. The first-order chi connectivity index (χ1) is 16.1. The number of likely N-dealkylation sites (N-methyl/N-ethyl adjacent to an activating group) is 1. The number of carbonyl (C=O) groups excluding carboxylic acids is 1. The summed E-state index contributed by atoms with van der Waals surface area (Å²) >= 11 is 0. The second-order valence-corrected chi connectivity index (χ2v) is 7.86. The fourth-order valence-corrected chi connectivity index (χ4v) is 3.85. The molecular weight excluding hydrogens is 423 g/mol. The molecule has 172 valence electrons. The molecule has 0 spiro atoms. The summed E-state index contributed by atoms with van der Waals surface area (Å²) in [6.45, 7) is 3.50. The quantitative estimate of drug-likeness (QED) is 0.504. The van der Waals surface area contributed by atoms with E-state index in [1.54, 1.807) is 18.5 Å². The van der Waals surface area contributed by atoms with E-state index in [1.165, 1.54) is 12.3 Å². The smallest absolute Gasteiger partial charge is 0.189 e. The molecule has 0 atom stereocenters. The van der Waals surface area contributed by atoms with E-state index in [4.69, 9.17) is 10.5 Å². The lowest BCUT2D eigenvalue weighted by atomic mass is 10.0. The zero-order valence-corrected chi connectivity index (χ0v) is 18.6. The number of anilines is 2. The Labute approximate surface area is 192 Å². The maximum atomic E-state index is 14.8. The van der Waals surface area contributed by atoms with Gasteiger partial charge in [-0.3, -0.25) is 9.78 Å². The predicted octanol–water partition coefficient (Wildman–Crippen LogP) is 2.28. The van der Waals surface area contributed by atoms with Gasteiger partial charge < -0.3 is 20.7 Å². The average Bonchev–Trinajstić information content (AvgIpc) is 2.84. The Balaban J connectivity index is 1.58. The monoisotopic (exact) mass is 450 g/mol. The van der Waals surface area contributed by atoms with Crippen molar-refractivity contribution < 1.29 is 13.9 Å². The van der Waals surface area contributed by atoms with E-state index in [0.717, 1.165) is 36.4 Å². The summed E-state index contributed by atoms with van der Waals surface area (Å²) in [4.78, 5) is 28.0. The van der Waals surface area contributed by atoms with Gasteiger partial charge in [0.05, 0.1) is 25.1 Å². The van der Waals surface area contributed by atoms with Crippen LogP contribution < -0.4 is 16.0 Å². The summed E-state index contributed by atoms with van der Waals surface area (Å²) in [5, 5.41) is 3.04. The third kappa shape index (κ3) is 5.32. The fraction of sp³-hybridized carbons (Fsp3) is 0.333. The van der Waals surface area contributed by atoms with Crippen molar-refractivity contribution in [2.75, 3.05) is 50.5 Å². The molecule has 0 aliphatic carbocycles. The molecule has 0 radical (unpaired) electrons. The van der Waals surface area contributed by atoms with Crippen LogP contribution >= 0.6 is 0 Å². The number of rotatable bonds is 8. The normalized spacial score (nSPS) is 13.8. The van der Waals surface area contributed by atoms with E-state index in [1.807, 2.05) is 19.2 Å². The van der Waals surface area contributed by atoms with Crippen molar-refractivity contribution in [3.63, 3.8) is 0 Å². The number of nitrogens with zero attached hydrogens (tertiary/aromatic N) is 4. The Morgan fingerprint density at radius 1 is 1.24 bits per heavy atom. The minimum Gasteiger partial charge on any atom is -0.382 e. The molecule has 3 heterocycles. The summed E-state index contributed by atoms with van der Waals surface area (Å²) in [6, 6.07) is 6.88. The van der Waals surface area contributed by atoms with Crippen molar-refractivity contribution in [1.29, 1.82) is 0 Å². The number of benzene rings is 1. The van der Waals surface area contributed by atoms with Gasteiger partial charge in [-0.15, -0.1) is 0 Å².